The molecular weight excluding hydrogens is 304 g/mol. The zero-order chi connectivity index (χ0) is 17.1. The van der Waals surface area contributed by atoms with Crippen molar-refractivity contribution in [2.75, 3.05) is 5.43 Å². The molecule has 1 aromatic carbocycles. The van der Waals surface area contributed by atoms with E-state index in [9.17, 15) is 0 Å². The van der Waals surface area contributed by atoms with Crippen molar-refractivity contribution < 1.29 is 0 Å². The van der Waals surface area contributed by atoms with Gasteiger partial charge < -0.3 is 0 Å². The SMILES string of the molecule is Cc1cccc(C2CCCCC2)c1NN1C=CC=C2CCCCC=C21. The van der Waals surface area contributed by atoms with Gasteiger partial charge in [-0.05, 0) is 74.1 Å². The van der Waals surface area contributed by atoms with E-state index in [4.69, 9.17) is 0 Å². The lowest BCUT2D eigenvalue weighted by atomic mass is 9.83. The molecule has 2 nitrogen and oxygen atoms in total. The van der Waals surface area contributed by atoms with Crippen LogP contribution in [0.4, 0.5) is 5.69 Å². The summed E-state index contributed by atoms with van der Waals surface area (Å²) in [4.78, 5) is 0. The Bertz CT molecular complexity index is 705. The maximum atomic E-state index is 3.78. The van der Waals surface area contributed by atoms with Crippen molar-refractivity contribution in [3.63, 3.8) is 0 Å². The second-order valence-corrected chi connectivity index (χ2v) is 7.72. The summed E-state index contributed by atoms with van der Waals surface area (Å²) in [6.07, 6.45) is 20.9. The van der Waals surface area contributed by atoms with Crippen molar-refractivity contribution in [2.45, 2.75) is 70.6 Å². The van der Waals surface area contributed by atoms with Crippen molar-refractivity contribution in [3.8, 4) is 0 Å². The van der Waals surface area contributed by atoms with Gasteiger partial charge in [0.05, 0.1) is 11.4 Å². The fraction of sp³-hybridized carbons (Fsp3) is 0.478. The highest BCUT2D eigenvalue weighted by atomic mass is 15.5. The molecule has 1 fully saturated rings. The molecule has 2 heteroatoms. The van der Waals surface area contributed by atoms with Gasteiger partial charge >= 0.3 is 0 Å². The van der Waals surface area contributed by atoms with Gasteiger partial charge in [0, 0.05) is 6.20 Å². The molecule has 1 aromatic rings. The van der Waals surface area contributed by atoms with Crippen molar-refractivity contribution in [1.29, 1.82) is 0 Å². The first-order valence-corrected chi connectivity index (χ1v) is 10.1. The van der Waals surface area contributed by atoms with Crippen LogP contribution in [0.25, 0.3) is 0 Å². The molecule has 0 unspecified atom stereocenters. The molecule has 0 bridgehead atoms. The van der Waals surface area contributed by atoms with E-state index in [1.54, 1.807) is 0 Å². The predicted octanol–water partition coefficient (Wildman–Crippen LogP) is 6.58. The Morgan fingerprint density at radius 2 is 1.92 bits per heavy atom. The van der Waals surface area contributed by atoms with Crippen LogP contribution in [0.3, 0.4) is 0 Å². The second kappa shape index (κ2) is 7.51. The number of anilines is 1. The molecule has 1 heterocycles. The molecule has 1 saturated carbocycles. The fourth-order valence-corrected chi connectivity index (χ4v) is 4.52. The maximum Gasteiger partial charge on any atom is 0.0615 e. The lowest BCUT2D eigenvalue weighted by Gasteiger charge is -2.32. The van der Waals surface area contributed by atoms with Gasteiger partial charge in [0.1, 0.15) is 0 Å². The Morgan fingerprint density at radius 3 is 2.80 bits per heavy atom. The second-order valence-electron chi connectivity index (χ2n) is 7.72. The molecular formula is C23H30N2. The number of nitrogens with zero attached hydrogens (tertiary/aromatic N) is 1. The molecule has 132 valence electrons. The average Bonchev–Trinajstić information content (AvgIpc) is 2.90. The number of allylic oxidation sites excluding steroid dienone is 4. The van der Waals surface area contributed by atoms with Gasteiger partial charge in [-0.2, -0.15) is 0 Å². The lowest BCUT2D eigenvalue weighted by molar-refractivity contribution is 0.442. The monoisotopic (exact) mass is 334 g/mol. The summed E-state index contributed by atoms with van der Waals surface area (Å²) in [7, 11) is 0. The van der Waals surface area contributed by atoms with Gasteiger partial charge in [0.15, 0.2) is 0 Å². The van der Waals surface area contributed by atoms with E-state index in [2.05, 4.69) is 60.0 Å². The zero-order valence-corrected chi connectivity index (χ0v) is 15.4. The van der Waals surface area contributed by atoms with Crippen LogP contribution in [0.15, 0.2) is 53.9 Å². The highest BCUT2D eigenvalue weighted by Crippen LogP contribution is 2.39. The summed E-state index contributed by atoms with van der Waals surface area (Å²) in [5, 5.41) is 2.26. The summed E-state index contributed by atoms with van der Waals surface area (Å²) >= 11 is 0. The third-order valence-electron chi connectivity index (χ3n) is 5.94. The molecule has 0 atom stereocenters. The Labute approximate surface area is 152 Å². The number of hydrogen-bond donors (Lipinski definition) is 1. The topological polar surface area (TPSA) is 15.3 Å². The van der Waals surface area contributed by atoms with Crippen LogP contribution < -0.4 is 5.43 Å². The number of hydrogen-bond acceptors (Lipinski definition) is 2. The summed E-state index contributed by atoms with van der Waals surface area (Å²) < 4.78 is 0. The van der Waals surface area contributed by atoms with Crippen molar-refractivity contribution in [2.24, 2.45) is 0 Å². The molecule has 0 spiro atoms. The van der Waals surface area contributed by atoms with E-state index < -0.39 is 0 Å². The Kier molecular flexibility index (Phi) is 4.96. The quantitative estimate of drug-likeness (QED) is 0.671. The number of para-hydroxylation sites is 1. The average molecular weight is 335 g/mol. The van der Waals surface area contributed by atoms with Gasteiger partial charge in [-0.3, -0.25) is 10.4 Å². The van der Waals surface area contributed by atoms with Crippen LogP contribution in [0.5, 0.6) is 0 Å². The first-order valence-electron chi connectivity index (χ1n) is 10.1. The van der Waals surface area contributed by atoms with Crippen LogP contribution in [-0.2, 0) is 0 Å². The third-order valence-corrected chi connectivity index (χ3v) is 5.94. The molecule has 0 aromatic heterocycles. The van der Waals surface area contributed by atoms with Crippen molar-refractivity contribution in [3.05, 3.63) is 65.0 Å². The van der Waals surface area contributed by atoms with Crippen molar-refractivity contribution in [1.82, 2.24) is 5.01 Å². The van der Waals surface area contributed by atoms with E-state index in [1.165, 1.54) is 85.9 Å². The van der Waals surface area contributed by atoms with Crippen LogP contribution in [0.1, 0.15) is 74.8 Å². The zero-order valence-electron chi connectivity index (χ0n) is 15.4. The van der Waals surface area contributed by atoms with Crippen molar-refractivity contribution >= 4 is 5.69 Å². The van der Waals surface area contributed by atoms with E-state index in [-0.39, 0.29) is 0 Å². The standard InChI is InChI=1S/C23H30N2/c1-18-10-8-15-21(19-11-4-2-5-12-19)23(18)24-25-17-9-14-20-13-6-3-7-16-22(20)25/h8-10,14-17,19,24H,2-7,11-13H2,1H3. The molecule has 0 radical (unpaired) electrons. The van der Waals surface area contributed by atoms with E-state index in [0.29, 0.717) is 5.92 Å². The number of fused-ring (bicyclic) bond motifs is 1. The Balaban J connectivity index is 1.63. The lowest BCUT2D eigenvalue weighted by Crippen LogP contribution is -2.27. The van der Waals surface area contributed by atoms with Crippen LogP contribution in [-0.4, -0.2) is 5.01 Å². The molecule has 0 amide bonds. The number of benzene rings is 1. The van der Waals surface area contributed by atoms with Gasteiger partial charge in [-0.25, -0.2) is 0 Å². The van der Waals surface area contributed by atoms with Gasteiger partial charge in [-0.1, -0.05) is 49.6 Å². The predicted molar refractivity (Wildman–Crippen MR) is 106 cm³/mol. The third kappa shape index (κ3) is 3.53. The molecule has 1 N–H and O–H groups in total. The summed E-state index contributed by atoms with van der Waals surface area (Å²) in [6, 6.07) is 6.81. The van der Waals surface area contributed by atoms with Crippen LogP contribution >= 0.6 is 0 Å². The largest absolute Gasteiger partial charge is 0.294 e. The maximum absolute atomic E-state index is 3.78. The van der Waals surface area contributed by atoms with Crippen LogP contribution in [0, 0.1) is 6.92 Å². The summed E-state index contributed by atoms with van der Waals surface area (Å²) in [6.45, 7) is 2.24. The van der Waals surface area contributed by atoms with Gasteiger partial charge in [-0.15, -0.1) is 0 Å². The molecule has 1 aliphatic heterocycles. The minimum Gasteiger partial charge on any atom is -0.294 e. The highest BCUT2D eigenvalue weighted by molar-refractivity contribution is 5.59. The minimum absolute atomic E-state index is 0.711. The summed E-state index contributed by atoms with van der Waals surface area (Å²) in [5.74, 6) is 0.711. The van der Waals surface area contributed by atoms with E-state index in [0.717, 1.165) is 0 Å². The molecule has 25 heavy (non-hydrogen) atoms. The fourth-order valence-electron chi connectivity index (χ4n) is 4.52. The normalized spacial score (nSPS) is 21.2. The van der Waals surface area contributed by atoms with Crippen LogP contribution in [0.2, 0.25) is 0 Å². The highest BCUT2D eigenvalue weighted by Gasteiger charge is 2.22. The smallest absolute Gasteiger partial charge is 0.0615 e. The number of aryl methyl sites for hydroxylation is 1. The van der Waals surface area contributed by atoms with E-state index in [1.807, 2.05) is 0 Å². The molecule has 0 saturated heterocycles. The van der Waals surface area contributed by atoms with Gasteiger partial charge in [0.2, 0.25) is 0 Å². The van der Waals surface area contributed by atoms with E-state index >= 15 is 0 Å². The number of nitrogens with one attached hydrogen (secondary N) is 1. The minimum atomic E-state index is 0.711. The molecule has 3 aliphatic rings. The summed E-state index contributed by atoms with van der Waals surface area (Å²) in [5.41, 5.74) is 10.8. The molecule has 4 rings (SSSR count). The number of rotatable bonds is 3. The Hall–Kier alpha value is -1.96. The first-order chi connectivity index (χ1) is 12.3. The molecule has 2 aliphatic carbocycles. The number of hydrazine groups is 1. The Morgan fingerprint density at radius 1 is 1.04 bits per heavy atom. The first kappa shape index (κ1) is 16.5. The van der Waals surface area contributed by atoms with Gasteiger partial charge in [0.25, 0.3) is 0 Å².